The highest BCUT2D eigenvalue weighted by atomic mass is 16.5. The van der Waals surface area contributed by atoms with Crippen molar-refractivity contribution in [3.05, 3.63) is 70.8 Å². The van der Waals surface area contributed by atoms with Crippen molar-refractivity contribution in [2.24, 2.45) is 0 Å². The summed E-state index contributed by atoms with van der Waals surface area (Å²) in [5.41, 5.74) is 3.05. The lowest BCUT2D eigenvalue weighted by atomic mass is 9.93. The van der Waals surface area contributed by atoms with Gasteiger partial charge in [0.2, 0.25) is 0 Å². The second-order valence-electron chi connectivity index (χ2n) is 7.54. The van der Waals surface area contributed by atoms with Crippen molar-refractivity contribution in [3.8, 4) is 0 Å². The Morgan fingerprint density at radius 1 is 0.963 bits per heavy atom. The molecule has 2 aliphatic rings. The Labute approximate surface area is 159 Å². The van der Waals surface area contributed by atoms with Gasteiger partial charge in [0.15, 0.2) is 0 Å². The second-order valence-corrected chi connectivity index (χ2v) is 7.54. The van der Waals surface area contributed by atoms with Gasteiger partial charge in [-0.05, 0) is 42.2 Å². The van der Waals surface area contributed by atoms with Gasteiger partial charge in [0, 0.05) is 18.0 Å². The molecule has 1 fully saturated rings. The standard InChI is InChI=1S/C23H25NO3/c25-22(24-19-10-6-1-2-7-11-19)17-12-13-20-18(14-17)15-21(27-23(20)26)16-8-4-3-5-9-16/h3-5,8-9,12-14,19,21H,1-2,6-7,10-11,15H2,(H,24,25). The van der Waals surface area contributed by atoms with Crippen LogP contribution in [0.25, 0.3) is 0 Å². The van der Waals surface area contributed by atoms with E-state index in [4.69, 9.17) is 4.74 Å². The van der Waals surface area contributed by atoms with Gasteiger partial charge in [-0.3, -0.25) is 4.79 Å². The molecule has 1 atom stereocenters. The first-order chi connectivity index (χ1) is 13.2. The Balaban J connectivity index is 1.52. The number of amides is 1. The average Bonchev–Trinajstić information content (AvgIpc) is 2.97. The summed E-state index contributed by atoms with van der Waals surface area (Å²) in [7, 11) is 0. The maximum atomic E-state index is 12.7. The van der Waals surface area contributed by atoms with Gasteiger partial charge < -0.3 is 10.1 Å². The van der Waals surface area contributed by atoms with Crippen LogP contribution < -0.4 is 5.32 Å². The smallest absolute Gasteiger partial charge is 0.339 e. The molecule has 4 nitrogen and oxygen atoms in total. The molecule has 1 saturated carbocycles. The predicted molar refractivity (Wildman–Crippen MR) is 104 cm³/mol. The number of ether oxygens (including phenoxy) is 1. The molecule has 2 aromatic rings. The monoisotopic (exact) mass is 363 g/mol. The van der Waals surface area contributed by atoms with Gasteiger partial charge in [-0.15, -0.1) is 0 Å². The highest BCUT2D eigenvalue weighted by Crippen LogP contribution is 2.31. The van der Waals surface area contributed by atoms with Gasteiger partial charge in [0.1, 0.15) is 6.10 Å². The van der Waals surface area contributed by atoms with Gasteiger partial charge in [0.25, 0.3) is 5.91 Å². The van der Waals surface area contributed by atoms with Gasteiger partial charge in [0.05, 0.1) is 5.56 Å². The molecule has 1 aliphatic carbocycles. The number of esters is 1. The van der Waals surface area contributed by atoms with E-state index in [1.165, 1.54) is 25.7 Å². The third-order valence-electron chi connectivity index (χ3n) is 5.60. The Morgan fingerprint density at radius 2 is 1.70 bits per heavy atom. The quantitative estimate of drug-likeness (QED) is 0.641. The van der Waals surface area contributed by atoms with Gasteiger partial charge in [-0.25, -0.2) is 4.79 Å². The summed E-state index contributed by atoms with van der Waals surface area (Å²) in [6.07, 6.45) is 7.28. The van der Waals surface area contributed by atoms with Gasteiger partial charge in [-0.2, -0.15) is 0 Å². The summed E-state index contributed by atoms with van der Waals surface area (Å²) in [5.74, 6) is -0.360. The van der Waals surface area contributed by atoms with Crippen LogP contribution in [0.1, 0.15) is 76.5 Å². The Morgan fingerprint density at radius 3 is 2.44 bits per heavy atom. The lowest BCUT2D eigenvalue weighted by Crippen LogP contribution is -2.34. The highest BCUT2D eigenvalue weighted by Gasteiger charge is 2.28. The Hall–Kier alpha value is -2.62. The van der Waals surface area contributed by atoms with E-state index in [0.29, 0.717) is 17.5 Å². The maximum absolute atomic E-state index is 12.7. The first-order valence-corrected chi connectivity index (χ1v) is 9.90. The fourth-order valence-corrected chi connectivity index (χ4v) is 4.08. The molecule has 27 heavy (non-hydrogen) atoms. The lowest BCUT2D eigenvalue weighted by Gasteiger charge is -2.25. The van der Waals surface area contributed by atoms with Crippen molar-refractivity contribution in [2.75, 3.05) is 0 Å². The largest absolute Gasteiger partial charge is 0.454 e. The van der Waals surface area contributed by atoms with Crippen LogP contribution in [0.15, 0.2) is 48.5 Å². The first-order valence-electron chi connectivity index (χ1n) is 9.90. The molecule has 1 N–H and O–H groups in total. The van der Waals surface area contributed by atoms with Crippen LogP contribution in [0.3, 0.4) is 0 Å². The number of hydrogen-bond acceptors (Lipinski definition) is 3. The highest BCUT2D eigenvalue weighted by molar-refractivity contribution is 5.97. The van der Waals surface area contributed by atoms with E-state index >= 15 is 0 Å². The number of benzene rings is 2. The van der Waals surface area contributed by atoms with Gasteiger partial charge >= 0.3 is 5.97 Å². The minimum atomic E-state index is -0.319. The van der Waals surface area contributed by atoms with Crippen LogP contribution in [0.2, 0.25) is 0 Å². The molecule has 0 spiro atoms. The van der Waals surface area contributed by atoms with Gasteiger partial charge in [-0.1, -0.05) is 56.0 Å². The molecular weight excluding hydrogens is 338 g/mol. The van der Waals surface area contributed by atoms with E-state index in [2.05, 4.69) is 5.32 Å². The molecule has 0 radical (unpaired) electrons. The molecule has 2 aromatic carbocycles. The minimum Gasteiger partial charge on any atom is -0.454 e. The van der Waals surface area contributed by atoms with Crippen LogP contribution in [-0.4, -0.2) is 17.9 Å². The minimum absolute atomic E-state index is 0.0418. The zero-order valence-electron chi connectivity index (χ0n) is 15.4. The van der Waals surface area contributed by atoms with E-state index < -0.39 is 0 Å². The zero-order chi connectivity index (χ0) is 18.6. The van der Waals surface area contributed by atoms with E-state index in [0.717, 1.165) is 24.0 Å². The zero-order valence-corrected chi connectivity index (χ0v) is 15.4. The van der Waals surface area contributed by atoms with E-state index in [1.54, 1.807) is 12.1 Å². The molecule has 4 rings (SSSR count). The number of hydrogen-bond donors (Lipinski definition) is 1. The van der Waals surface area contributed by atoms with E-state index in [1.807, 2.05) is 36.4 Å². The number of carbonyl (C=O) groups is 2. The maximum Gasteiger partial charge on any atom is 0.339 e. The summed E-state index contributed by atoms with van der Waals surface area (Å²) in [4.78, 5) is 25.1. The summed E-state index contributed by atoms with van der Waals surface area (Å²) in [5, 5.41) is 3.18. The van der Waals surface area contributed by atoms with Crippen LogP contribution in [0.5, 0.6) is 0 Å². The van der Waals surface area contributed by atoms with Crippen molar-refractivity contribution in [3.63, 3.8) is 0 Å². The van der Waals surface area contributed by atoms with E-state index in [-0.39, 0.29) is 24.0 Å². The number of nitrogens with one attached hydrogen (secondary N) is 1. The van der Waals surface area contributed by atoms with Crippen molar-refractivity contribution in [1.82, 2.24) is 5.32 Å². The molecule has 0 bridgehead atoms. The number of cyclic esters (lactones) is 1. The molecular formula is C23H25NO3. The third-order valence-corrected chi connectivity index (χ3v) is 5.60. The first kappa shape index (κ1) is 17.8. The van der Waals surface area contributed by atoms with Crippen molar-refractivity contribution < 1.29 is 14.3 Å². The average molecular weight is 363 g/mol. The number of carbonyl (C=O) groups excluding carboxylic acids is 2. The van der Waals surface area contributed by atoms with Crippen molar-refractivity contribution in [1.29, 1.82) is 0 Å². The molecule has 1 amide bonds. The predicted octanol–water partition coefficient (Wildman–Crippen LogP) is 4.59. The lowest BCUT2D eigenvalue weighted by molar-refractivity contribution is 0.0252. The Kier molecular flexibility index (Phi) is 5.23. The van der Waals surface area contributed by atoms with Crippen LogP contribution in [0, 0.1) is 0 Å². The number of rotatable bonds is 3. The fraction of sp³-hybridized carbons (Fsp3) is 0.391. The molecule has 0 saturated heterocycles. The molecule has 1 aliphatic heterocycles. The van der Waals surface area contributed by atoms with Crippen LogP contribution in [-0.2, 0) is 11.2 Å². The molecule has 1 unspecified atom stereocenters. The molecule has 4 heteroatoms. The molecule has 1 heterocycles. The van der Waals surface area contributed by atoms with E-state index in [9.17, 15) is 9.59 Å². The SMILES string of the molecule is O=C(NC1CCCCCC1)c1ccc2c(c1)CC(c1ccccc1)OC2=O. The summed E-state index contributed by atoms with van der Waals surface area (Å²) >= 11 is 0. The second kappa shape index (κ2) is 7.95. The summed E-state index contributed by atoms with van der Waals surface area (Å²) in [6, 6.07) is 15.3. The van der Waals surface area contributed by atoms with Crippen molar-refractivity contribution in [2.45, 2.75) is 57.1 Å². The van der Waals surface area contributed by atoms with Crippen molar-refractivity contribution >= 4 is 11.9 Å². The number of fused-ring (bicyclic) bond motifs is 1. The topological polar surface area (TPSA) is 55.4 Å². The van der Waals surface area contributed by atoms with Crippen LogP contribution >= 0.6 is 0 Å². The summed E-state index contributed by atoms with van der Waals surface area (Å²) < 4.78 is 5.60. The Bertz CT molecular complexity index is 823. The summed E-state index contributed by atoms with van der Waals surface area (Å²) in [6.45, 7) is 0. The van der Waals surface area contributed by atoms with Crippen LogP contribution in [0.4, 0.5) is 0 Å². The molecule has 140 valence electrons. The third kappa shape index (κ3) is 4.05. The molecule has 0 aromatic heterocycles. The fourth-order valence-electron chi connectivity index (χ4n) is 4.08. The normalized spacial score (nSPS) is 20.3.